The van der Waals surface area contributed by atoms with E-state index in [2.05, 4.69) is 0 Å². The molecule has 3 heteroatoms. The van der Waals surface area contributed by atoms with Crippen molar-refractivity contribution in [1.82, 2.24) is 4.90 Å². The molecule has 2 rings (SSSR count). The van der Waals surface area contributed by atoms with Crippen LogP contribution in [0.5, 0.6) is 0 Å². The molecule has 0 atom stereocenters. The van der Waals surface area contributed by atoms with Crippen molar-refractivity contribution in [3.8, 4) is 0 Å². The molecule has 1 fully saturated rings. The van der Waals surface area contributed by atoms with Gasteiger partial charge < -0.3 is 4.90 Å². The molecule has 0 radical (unpaired) electrons. The maximum atomic E-state index is 11.8. The highest BCUT2D eigenvalue weighted by Crippen LogP contribution is 2.12. The van der Waals surface area contributed by atoms with Crippen LogP contribution in [-0.4, -0.2) is 29.7 Å². The van der Waals surface area contributed by atoms with Gasteiger partial charge in [-0.2, -0.15) is 0 Å². The number of hydrogen-bond acceptors (Lipinski definition) is 2. The first kappa shape index (κ1) is 11.8. The molecule has 0 unspecified atom stereocenters. The number of amides is 1. The lowest BCUT2D eigenvalue weighted by atomic mass is 10.0. The fraction of sp³-hybridized carbons (Fsp3) is 0.429. The van der Waals surface area contributed by atoms with Gasteiger partial charge in [0.15, 0.2) is 5.78 Å². The third-order valence-electron chi connectivity index (χ3n) is 2.97. The van der Waals surface area contributed by atoms with E-state index < -0.39 is 0 Å². The van der Waals surface area contributed by atoms with Crippen molar-refractivity contribution >= 4 is 11.7 Å². The molecule has 1 aromatic rings. The van der Waals surface area contributed by atoms with E-state index in [1.807, 2.05) is 31.2 Å². The van der Waals surface area contributed by atoms with Gasteiger partial charge in [0.05, 0.1) is 0 Å². The maximum absolute atomic E-state index is 11.8. The second kappa shape index (κ2) is 5.13. The average molecular weight is 231 g/mol. The van der Waals surface area contributed by atoms with E-state index in [1.165, 1.54) is 0 Å². The number of carbonyl (C=O) groups excluding carboxylic acids is 2. The largest absolute Gasteiger partial charge is 0.339 e. The Balaban J connectivity index is 1.76. The lowest BCUT2D eigenvalue weighted by Gasteiger charge is -2.02. The Morgan fingerprint density at radius 1 is 1.12 bits per heavy atom. The minimum absolute atomic E-state index is 0.128. The van der Waals surface area contributed by atoms with Crippen LogP contribution in [0.25, 0.3) is 0 Å². The molecule has 0 bridgehead atoms. The molecule has 0 saturated carbocycles. The predicted molar refractivity (Wildman–Crippen MR) is 65.9 cm³/mol. The summed E-state index contributed by atoms with van der Waals surface area (Å²) in [6.45, 7) is 3.78. The van der Waals surface area contributed by atoms with Crippen molar-refractivity contribution in [3.05, 3.63) is 35.4 Å². The molecule has 17 heavy (non-hydrogen) atoms. The van der Waals surface area contributed by atoms with E-state index in [0.717, 1.165) is 24.2 Å². The summed E-state index contributed by atoms with van der Waals surface area (Å²) in [6, 6.07) is 7.58. The Morgan fingerprint density at radius 3 is 2.35 bits per heavy atom. The SMILES string of the molecule is Cc1ccc(C(=O)CCCC(=O)N2CC2)cc1. The van der Waals surface area contributed by atoms with Gasteiger partial charge in [0.25, 0.3) is 0 Å². The predicted octanol–water partition coefficient (Wildman–Crippen LogP) is 2.19. The van der Waals surface area contributed by atoms with Crippen molar-refractivity contribution in [1.29, 1.82) is 0 Å². The van der Waals surface area contributed by atoms with Gasteiger partial charge in [-0.1, -0.05) is 29.8 Å². The summed E-state index contributed by atoms with van der Waals surface area (Å²) in [6.07, 6.45) is 1.61. The van der Waals surface area contributed by atoms with Crippen molar-refractivity contribution in [2.24, 2.45) is 0 Å². The molecule has 0 N–H and O–H groups in total. The molecular formula is C14H17NO2. The van der Waals surface area contributed by atoms with E-state index in [-0.39, 0.29) is 11.7 Å². The molecule has 1 amide bonds. The van der Waals surface area contributed by atoms with Crippen LogP contribution >= 0.6 is 0 Å². The van der Waals surface area contributed by atoms with Crippen molar-refractivity contribution < 1.29 is 9.59 Å². The van der Waals surface area contributed by atoms with Gasteiger partial charge in [0.1, 0.15) is 0 Å². The maximum Gasteiger partial charge on any atom is 0.222 e. The third-order valence-corrected chi connectivity index (χ3v) is 2.97. The highest BCUT2D eigenvalue weighted by atomic mass is 16.2. The minimum Gasteiger partial charge on any atom is -0.339 e. The lowest BCUT2D eigenvalue weighted by Crippen LogP contribution is -2.10. The summed E-state index contributed by atoms with van der Waals surface area (Å²) in [5, 5.41) is 0. The average Bonchev–Trinajstić information content (AvgIpc) is 3.13. The second-order valence-corrected chi connectivity index (χ2v) is 4.52. The van der Waals surface area contributed by atoms with Gasteiger partial charge in [-0.25, -0.2) is 0 Å². The summed E-state index contributed by atoms with van der Waals surface area (Å²) in [5.74, 6) is 0.310. The molecule has 0 aromatic heterocycles. The Morgan fingerprint density at radius 2 is 1.76 bits per heavy atom. The fourth-order valence-electron chi connectivity index (χ4n) is 1.74. The Kier molecular flexibility index (Phi) is 3.57. The van der Waals surface area contributed by atoms with Crippen LogP contribution < -0.4 is 0 Å². The van der Waals surface area contributed by atoms with Crippen LogP contribution in [0.15, 0.2) is 24.3 Å². The van der Waals surface area contributed by atoms with E-state index in [1.54, 1.807) is 4.90 Å². The van der Waals surface area contributed by atoms with Crippen molar-refractivity contribution in [2.45, 2.75) is 26.2 Å². The van der Waals surface area contributed by atoms with E-state index in [0.29, 0.717) is 19.3 Å². The zero-order valence-corrected chi connectivity index (χ0v) is 10.1. The Labute approximate surface area is 101 Å². The van der Waals surface area contributed by atoms with Crippen LogP contribution in [0.1, 0.15) is 35.2 Å². The molecule has 1 heterocycles. The molecular weight excluding hydrogens is 214 g/mol. The molecule has 1 aliphatic heterocycles. The minimum atomic E-state index is 0.128. The summed E-state index contributed by atoms with van der Waals surface area (Å²) in [5.41, 5.74) is 1.90. The van der Waals surface area contributed by atoms with Crippen LogP contribution in [0.3, 0.4) is 0 Å². The van der Waals surface area contributed by atoms with Gasteiger partial charge in [0, 0.05) is 31.5 Å². The van der Waals surface area contributed by atoms with E-state index in [9.17, 15) is 9.59 Å². The molecule has 90 valence electrons. The zero-order chi connectivity index (χ0) is 12.3. The molecule has 0 spiro atoms. The Hall–Kier alpha value is -1.64. The molecule has 1 saturated heterocycles. The third kappa shape index (κ3) is 3.41. The van der Waals surface area contributed by atoms with E-state index >= 15 is 0 Å². The standard InChI is InChI=1S/C14H17NO2/c1-11-5-7-12(8-6-11)13(16)3-2-4-14(17)15-9-10-15/h5-8H,2-4,9-10H2,1H3. The van der Waals surface area contributed by atoms with Gasteiger partial charge in [-0.05, 0) is 13.3 Å². The lowest BCUT2D eigenvalue weighted by molar-refractivity contribution is -0.125. The number of hydrogen-bond donors (Lipinski definition) is 0. The van der Waals surface area contributed by atoms with E-state index in [4.69, 9.17) is 0 Å². The number of aryl methyl sites for hydroxylation is 1. The topological polar surface area (TPSA) is 37.1 Å². The quantitative estimate of drug-likeness (QED) is 0.575. The summed E-state index contributed by atoms with van der Waals surface area (Å²) in [4.78, 5) is 25.0. The smallest absolute Gasteiger partial charge is 0.222 e. The number of rotatable bonds is 5. The van der Waals surface area contributed by atoms with Crippen molar-refractivity contribution in [3.63, 3.8) is 0 Å². The zero-order valence-electron chi connectivity index (χ0n) is 10.1. The summed E-state index contributed by atoms with van der Waals surface area (Å²) >= 11 is 0. The molecule has 1 aliphatic rings. The highest BCUT2D eigenvalue weighted by molar-refractivity contribution is 5.96. The van der Waals surface area contributed by atoms with Crippen molar-refractivity contribution in [2.75, 3.05) is 13.1 Å². The van der Waals surface area contributed by atoms with Gasteiger partial charge in [-0.15, -0.1) is 0 Å². The normalized spacial score (nSPS) is 13.6. The molecule has 0 aliphatic carbocycles. The molecule has 1 aromatic carbocycles. The number of Topliss-reactive ketones (excluding diaryl/α,β-unsaturated/α-hetero) is 1. The first-order valence-corrected chi connectivity index (χ1v) is 6.04. The number of benzene rings is 1. The van der Waals surface area contributed by atoms with Gasteiger partial charge in [0.2, 0.25) is 5.91 Å². The van der Waals surface area contributed by atoms with Crippen LogP contribution in [0.4, 0.5) is 0 Å². The highest BCUT2D eigenvalue weighted by Gasteiger charge is 2.23. The van der Waals surface area contributed by atoms with Gasteiger partial charge >= 0.3 is 0 Å². The summed E-state index contributed by atoms with van der Waals surface area (Å²) in [7, 11) is 0. The van der Waals surface area contributed by atoms with Crippen LogP contribution in [-0.2, 0) is 4.79 Å². The monoisotopic (exact) mass is 231 g/mol. The van der Waals surface area contributed by atoms with Crippen LogP contribution in [0.2, 0.25) is 0 Å². The number of nitrogens with zero attached hydrogens (tertiary/aromatic N) is 1. The van der Waals surface area contributed by atoms with Crippen LogP contribution in [0, 0.1) is 6.92 Å². The first-order chi connectivity index (χ1) is 8.16. The Bertz CT molecular complexity index is 418. The fourth-order valence-corrected chi connectivity index (χ4v) is 1.74. The summed E-state index contributed by atoms with van der Waals surface area (Å²) < 4.78 is 0. The first-order valence-electron chi connectivity index (χ1n) is 6.04. The number of ketones is 1. The second-order valence-electron chi connectivity index (χ2n) is 4.52. The van der Waals surface area contributed by atoms with Gasteiger partial charge in [-0.3, -0.25) is 9.59 Å². The number of carbonyl (C=O) groups is 2. The molecule has 3 nitrogen and oxygen atoms in total.